The van der Waals surface area contributed by atoms with Crippen molar-refractivity contribution in [2.45, 2.75) is 34.6 Å². The van der Waals surface area contributed by atoms with E-state index in [9.17, 15) is 4.39 Å². The highest BCUT2D eigenvalue weighted by Crippen LogP contribution is 2.03. The number of nitrogens with zero attached hydrogens (tertiary/aromatic N) is 1. The summed E-state index contributed by atoms with van der Waals surface area (Å²) in [6.07, 6.45) is 7.34. The second kappa shape index (κ2) is 16.1. The molecule has 0 aromatic carbocycles. The van der Waals surface area contributed by atoms with Gasteiger partial charge in [-0.05, 0) is 27.4 Å². The number of rotatable bonds is 9. The van der Waals surface area contributed by atoms with Crippen LogP contribution in [-0.4, -0.2) is 44.8 Å². The van der Waals surface area contributed by atoms with Crippen LogP contribution in [-0.2, 0) is 0 Å². The summed E-state index contributed by atoms with van der Waals surface area (Å²) in [4.78, 5) is 2.29. The molecule has 0 fully saturated rings. The zero-order chi connectivity index (χ0) is 15.8. The molecule has 0 rings (SSSR count). The second-order valence-electron chi connectivity index (χ2n) is 4.58. The standard InChI is InChI=1S/C15H27FN2.C2H6/c1-5-17-10-11-18(4)13-15(3)12-14(2)8-6-7-9-16;1-2/h6-8,12,17H,5,9-11,13H2,1-4H3;1-2H3/b7-6-,14-8+,15-12+;. The molecule has 3 heteroatoms. The number of halogens is 1. The van der Waals surface area contributed by atoms with E-state index < -0.39 is 6.67 Å². The average Bonchev–Trinajstić information content (AvgIpc) is 2.41. The van der Waals surface area contributed by atoms with E-state index in [-0.39, 0.29) is 0 Å². The molecule has 1 N–H and O–H groups in total. The third-order valence-corrected chi connectivity index (χ3v) is 2.50. The highest BCUT2D eigenvalue weighted by molar-refractivity contribution is 5.25. The van der Waals surface area contributed by atoms with Crippen molar-refractivity contribution in [1.29, 1.82) is 0 Å². The number of likely N-dealkylation sites (N-methyl/N-ethyl adjacent to an activating group) is 2. The SMILES string of the molecule is CC.CCNCCN(C)C/C(C)=C/C(C)=C/C=C\CF. The normalized spacial score (nSPS) is 12.8. The van der Waals surface area contributed by atoms with Gasteiger partial charge in [-0.1, -0.05) is 56.2 Å². The van der Waals surface area contributed by atoms with Crippen molar-refractivity contribution in [2.75, 3.05) is 39.9 Å². The van der Waals surface area contributed by atoms with Gasteiger partial charge in [0.15, 0.2) is 0 Å². The zero-order valence-corrected chi connectivity index (χ0v) is 14.2. The third kappa shape index (κ3) is 15.1. The van der Waals surface area contributed by atoms with E-state index in [1.165, 1.54) is 11.6 Å². The van der Waals surface area contributed by atoms with E-state index >= 15 is 0 Å². The van der Waals surface area contributed by atoms with Gasteiger partial charge in [-0.3, -0.25) is 0 Å². The van der Waals surface area contributed by atoms with Crippen molar-refractivity contribution in [1.82, 2.24) is 10.2 Å². The van der Waals surface area contributed by atoms with Gasteiger partial charge in [-0.15, -0.1) is 0 Å². The maximum absolute atomic E-state index is 11.9. The summed E-state index contributed by atoms with van der Waals surface area (Å²) in [5.41, 5.74) is 2.47. The Labute approximate surface area is 125 Å². The first-order valence-electron chi connectivity index (χ1n) is 7.56. The zero-order valence-electron chi connectivity index (χ0n) is 14.2. The molecular weight excluding hydrogens is 251 g/mol. The molecule has 20 heavy (non-hydrogen) atoms. The van der Waals surface area contributed by atoms with E-state index in [0.29, 0.717) is 0 Å². The Hall–Kier alpha value is -0.930. The van der Waals surface area contributed by atoms with Crippen LogP contribution >= 0.6 is 0 Å². The first-order valence-corrected chi connectivity index (χ1v) is 7.56. The molecule has 2 nitrogen and oxygen atoms in total. The molecule has 0 aliphatic carbocycles. The first-order chi connectivity index (χ1) is 9.60. The monoisotopic (exact) mass is 284 g/mol. The smallest absolute Gasteiger partial charge is 0.108 e. The van der Waals surface area contributed by atoms with Gasteiger partial charge in [0.2, 0.25) is 0 Å². The van der Waals surface area contributed by atoms with E-state index in [2.05, 4.69) is 37.2 Å². The van der Waals surface area contributed by atoms with Crippen molar-refractivity contribution >= 4 is 0 Å². The minimum Gasteiger partial charge on any atom is -0.316 e. The van der Waals surface area contributed by atoms with Crippen molar-refractivity contribution in [3.63, 3.8) is 0 Å². The number of allylic oxidation sites excluding steroid dienone is 5. The van der Waals surface area contributed by atoms with Crippen molar-refractivity contribution in [2.24, 2.45) is 0 Å². The highest BCUT2D eigenvalue weighted by atomic mass is 19.1. The van der Waals surface area contributed by atoms with Gasteiger partial charge >= 0.3 is 0 Å². The molecule has 0 saturated carbocycles. The average molecular weight is 284 g/mol. The van der Waals surface area contributed by atoms with Crippen LogP contribution in [0.5, 0.6) is 0 Å². The fourth-order valence-corrected chi connectivity index (χ4v) is 1.71. The molecule has 0 saturated heterocycles. The summed E-state index contributed by atoms with van der Waals surface area (Å²) in [6.45, 7) is 13.9. The lowest BCUT2D eigenvalue weighted by molar-refractivity contribution is 0.359. The van der Waals surface area contributed by atoms with Crippen LogP contribution in [0.25, 0.3) is 0 Å². The lowest BCUT2D eigenvalue weighted by Crippen LogP contribution is -2.30. The topological polar surface area (TPSA) is 15.3 Å². The van der Waals surface area contributed by atoms with Crippen molar-refractivity contribution in [3.8, 4) is 0 Å². The third-order valence-electron chi connectivity index (χ3n) is 2.50. The maximum Gasteiger partial charge on any atom is 0.108 e. The summed E-state index contributed by atoms with van der Waals surface area (Å²) >= 11 is 0. The first kappa shape index (κ1) is 21.4. The minimum absolute atomic E-state index is 0.403. The van der Waals surface area contributed by atoms with Gasteiger partial charge in [0.1, 0.15) is 6.67 Å². The predicted octanol–water partition coefficient (Wildman–Crippen LogP) is 3.97. The molecule has 0 aliphatic rings. The Morgan fingerprint density at radius 3 is 2.45 bits per heavy atom. The summed E-state index contributed by atoms with van der Waals surface area (Å²) in [7, 11) is 2.12. The molecule has 0 spiro atoms. The van der Waals surface area contributed by atoms with Crippen LogP contribution in [0.3, 0.4) is 0 Å². The molecule has 0 atom stereocenters. The van der Waals surface area contributed by atoms with Gasteiger partial charge in [0.25, 0.3) is 0 Å². The molecule has 0 bridgehead atoms. The Bertz CT molecular complexity index is 293. The molecule has 0 heterocycles. The lowest BCUT2D eigenvalue weighted by Gasteiger charge is -2.17. The fourth-order valence-electron chi connectivity index (χ4n) is 1.71. The molecule has 118 valence electrons. The molecule has 0 unspecified atom stereocenters. The molecule has 0 aliphatic heterocycles. The fraction of sp³-hybridized carbons (Fsp3) is 0.647. The predicted molar refractivity (Wildman–Crippen MR) is 90.0 cm³/mol. The Morgan fingerprint density at radius 2 is 1.90 bits per heavy atom. The minimum atomic E-state index is -0.403. The molecular formula is C17H33FN2. The van der Waals surface area contributed by atoms with Crippen LogP contribution < -0.4 is 5.32 Å². The summed E-state index contributed by atoms with van der Waals surface area (Å²) in [5, 5.41) is 3.31. The van der Waals surface area contributed by atoms with Crippen molar-refractivity contribution in [3.05, 3.63) is 35.5 Å². The van der Waals surface area contributed by atoms with Crippen LogP contribution in [0.4, 0.5) is 4.39 Å². The van der Waals surface area contributed by atoms with Gasteiger partial charge < -0.3 is 10.2 Å². The number of nitrogens with one attached hydrogen (secondary N) is 1. The van der Waals surface area contributed by atoms with Gasteiger partial charge in [0.05, 0.1) is 0 Å². The number of hydrogen-bond acceptors (Lipinski definition) is 2. The van der Waals surface area contributed by atoms with Crippen LogP contribution in [0.2, 0.25) is 0 Å². The Morgan fingerprint density at radius 1 is 1.25 bits per heavy atom. The number of alkyl halides is 1. The quantitative estimate of drug-likeness (QED) is 0.509. The highest BCUT2D eigenvalue weighted by Gasteiger charge is 1.98. The van der Waals surface area contributed by atoms with Crippen LogP contribution in [0, 0.1) is 0 Å². The van der Waals surface area contributed by atoms with Crippen molar-refractivity contribution < 1.29 is 4.39 Å². The largest absolute Gasteiger partial charge is 0.316 e. The second-order valence-corrected chi connectivity index (χ2v) is 4.58. The van der Waals surface area contributed by atoms with E-state index in [4.69, 9.17) is 0 Å². The van der Waals surface area contributed by atoms with E-state index in [1.807, 2.05) is 26.8 Å². The lowest BCUT2D eigenvalue weighted by atomic mass is 10.1. The summed E-state index contributed by atoms with van der Waals surface area (Å²) in [5.74, 6) is 0. The maximum atomic E-state index is 11.9. The van der Waals surface area contributed by atoms with Gasteiger partial charge in [0, 0.05) is 19.6 Å². The van der Waals surface area contributed by atoms with E-state index in [1.54, 1.807) is 6.08 Å². The summed E-state index contributed by atoms with van der Waals surface area (Å²) < 4.78 is 11.9. The summed E-state index contributed by atoms with van der Waals surface area (Å²) in [6, 6.07) is 0. The number of hydrogen-bond donors (Lipinski definition) is 1. The van der Waals surface area contributed by atoms with Gasteiger partial charge in [-0.2, -0.15) is 0 Å². The van der Waals surface area contributed by atoms with E-state index in [0.717, 1.165) is 31.8 Å². The van der Waals surface area contributed by atoms with Crippen LogP contribution in [0.1, 0.15) is 34.6 Å². The molecule has 0 radical (unpaired) electrons. The Balaban J connectivity index is 0. The Kier molecular flexibility index (Phi) is 17.2. The molecule has 0 aromatic heterocycles. The van der Waals surface area contributed by atoms with Gasteiger partial charge in [-0.25, -0.2) is 4.39 Å². The molecule has 0 amide bonds. The molecule has 0 aromatic rings. The van der Waals surface area contributed by atoms with Crippen LogP contribution in [0.15, 0.2) is 35.5 Å².